The molecule has 4 nitrogen and oxygen atoms in total. The van der Waals surface area contributed by atoms with Crippen molar-refractivity contribution in [1.82, 2.24) is 10.2 Å². The molecule has 0 unspecified atom stereocenters. The Balaban J connectivity index is 2.96. The molecule has 0 aromatic heterocycles. The number of halogens is 2. The summed E-state index contributed by atoms with van der Waals surface area (Å²) in [5.74, 6) is -0.191. The minimum absolute atomic E-state index is 0.0460. The van der Waals surface area contributed by atoms with Gasteiger partial charge in [-0.2, -0.15) is 0 Å². The van der Waals surface area contributed by atoms with Crippen molar-refractivity contribution in [2.45, 2.75) is 65.6 Å². The maximum absolute atomic E-state index is 12.5. The van der Waals surface area contributed by atoms with E-state index in [9.17, 15) is 9.59 Å². The van der Waals surface area contributed by atoms with Crippen LogP contribution < -0.4 is 5.32 Å². The molecule has 0 saturated heterocycles. The molecule has 0 fully saturated rings. The van der Waals surface area contributed by atoms with Gasteiger partial charge in [0.15, 0.2) is 0 Å². The van der Waals surface area contributed by atoms with Crippen molar-refractivity contribution in [1.29, 1.82) is 0 Å². The molecule has 2 atom stereocenters. The van der Waals surface area contributed by atoms with Crippen LogP contribution in [-0.2, 0) is 16.1 Å². The van der Waals surface area contributed by atoms with Gasteiger partial charge in [0.2, 0.25) is 11.8 Å². The molecule has 0 aliphatic heterocycles. The van der Waals surface area contributed by atoms with E-state index >= 15 is 0 Å². The summed E-state index contributed by atoms with van der Waals surface area (Å²) in [6, 6.07) is 4.78. The molecule has 1 aromatic carbocycles. The van der Waals surface area contributed by atoms with E-state index in [1.807, 2.05) is 26.8 Å². The number of carbonyl (C=O) groups excluding carboxylic acids is 2. The van der Waals surface area contributed by atoms with Gasteiger partial charge in [0.05, 0.1) is 10.0 Å². The number of carbonyl (C=O) groups is 2. The lowest BCUT2D eigenvalue weighted by Gasteiger charge is -2.29. The first-order valence-electron chi connectivity index (χ1n) is 8.33. The Bertz CT molecular complexity index is 578. The highest BCUT2D eigenvalue weighted by Gasteiger charge is 2.26. The Hall–Kier alpha value is -1.26. The third-order valence-electron chi connectivity index (χ3n) is 3.97. The van der Waals surface area contributed by atoms with Crippen molar-refractivity contribution in [3.05, 3.63) is 33.8 Å². The van der Waals surface area contributed by atoms with Crippen molar-refractivity contribution in [3.63, 3.8) is 0 Å². The fourth-order valence-electron chi connectivity index (χ4n) is 2.24. The summed E-state index contributed by atoms with van der Waals surface area (Å²) in [7, 11) is 0. The van der Waals surface area contributed by atoms with Crippen LogP contribution in [0.25, 0.3) is 0 Å². The minimum atomic E-state index is -0.549. The molecule has 2 amide bonds. The summed E-state index contributed by atoms with van der Waals surface area (Å²) in [5.41, 5.74) is 0.844. The number of benzene rings is 1. The van der Waals surface area contributed by atoms with E-state index in [0.717, 1.165) is 18.4 Å². The van der Waals surface area contributed by atoms with E-state index in [4.69, 9.17) is 23.2 Å². The van der Waals surface area contributed by atoms with Gasteiger partial charge >= 0.3 is 0 Å². The number of hydrogen-bond donors (Lipinski definition) is 1. The second-order valence-corrected chi connectivity index (χ2v) is 6.83. The third-order valence-corrected chi connectivity index (χ3v) is 4.71. The summed E-state index contributed by atoms with van der Waals surface area (Å²) in [6.45, 7) is 7.97. The van der Waals surface area contributed by atoms with Gasteiger partial charge in [-0.15, -0.1) is 0 Å². The zero-order valence-corrected chi connectivity index (χ0v) is 16.2. The molecular formula is C18H26Cl2N2O2. The first-order chi connectivity index (χ1) is 11.3. The number of nitrogens with zero attached hydrogens (tertiary/aromatic N) is 1. The molecule has 1 rings (SSSR count). The van der Waals surface area contributed by atoms with Gasteiger partial charge in [0.25, 0.3) is 0 Å². The fraction of sp³-hybridized carbons (Fsp3) is 0.556. The lowest BCUT2D eigenvalue weighted by atomic mass is 10.1. The Labute approximate surface area is 154 Å². The second-order valence-electron chi connectivity index (χ2n) is 6.01. The van der Waals surface area contributed by atoms with Crippen molar-refractivity contribution in [3.8, 4) is 0 Å². The number of rotatable bonds is 8. The SMILES string of the molecule is CCCC(=O)N(Cc1ccc(Cl)c(Cl)c1)[C@H](C)C(=O)N[C@@H](C)CC. The largest absolute Gasteiger partial charge is 0.352 e. The highest BCUT2D eigenvalue weighted by Crippen LogP contribution is 2.24. The third kappa shape index (κ3) is 5.99. The van der Waals surface area contributed by atoms with Crippen LogP contribution in [0.5, 0.6) is 0 Å². The fourth-order valence-corrected chi connectivity index (χ4v) is 2.56. The molecule has 0 saturated carbocycles. The summed E-state index contributed by atoms with van der Waals surface area (Å²) in [4.78, 5) is 26.5. The summed E-state index contributed by atoms with van der Waals surface area (Å²) < 4.78 is 0. The molecule has 134 valence electrons. The smallest absolute Gasteiger partial charge is 0.242 e. The summed E-state index contributed by atoms with van der Waals surface area (Å²) in [5, 5.41) is 3.84. The normalized spacial score (nSPS) is 13.2. The summed E-state index contributed by atoms with van der Waals surface area (Å²) >= 11 is 12.0. The van der Waals surface area contributed by atoms with E-state index in [1.165, 1.54) is 0 Å². The predicted molar refractivity (Wildman–Crippen MR) is 99.3 cm³/mol. The quantitative estimate of drug-likeness (QED) is 0.733. The molecule has 1 aromatic rings. The second kappa shape index (κ2) is 9.90. The zero-order chi connectivity index (χ0) is 18.3. The van der Waals surface area contributed by atoms with Crippen LogP contribution in [0.2, 0.25) is 10.0 Å². The monoisotopic (exact) mass is 372 g/mol. The molecule has 6 heteroatoms. The average molecular weight is 373 g/mol. The molecule has 0 spiro atoms. The van der Waals surface area contributed by atoms with E-state index < -0.39 is 6.04 Å². The van der Waals surface area contributed by atoms with Crippen LogP contribution in [0.15, 0.2) is 18.2 Å². The number of amides is 2. The maximum atomic E-state index is 12.5. The van der Waals surface area contributed by atoms with Crippen molar-refractivity contribution < 1.29 is 9.59 Å². The van der Waals surface area contributed by atoms with Crippen LogP contribution in [0, 0.1) is 0 Å². The lowest BCUT2D eigenvalue weighted by molar-refractivity contribution is -0.140. The standard InChI is InChI=1S/C18H26Cl2N2O2/c1-5-7-17(23)22(13(4)18(24)21-12(3)6-2)11-14-8-9-15(19)16(20)10-14/h8-10,12-13H,5-7,11H2,1-4H3,(H,21,24)/t12-,13+/m0/s1. The van der Waals surface area contributed by atoms with Crippen LogP contribution in [0.4, 0.5) is 0 Å². The highest BCUT2D eigenvalue weighted by molar-refractivity contribution is 6.42. The van der Waals surface area contributed by atoms with Gasteiger partial charge in [-0.25, -0.2) is 0 Å². The van der Waals surface area contributed by atoms with E-state index in [1.54, 1.807) is 24.0 Å². The van der Waals surface area contributed by atoms with Crippen LogP contribution in [-0.4, -0.2) is 28.8 Å². The molecule has 0 aliphatic rings. The topological polar surface area (TPSA) is 49.4 Å². The van der Waals surface area contributed by atoms with E-state index in [-0.39, 0.29) is 17.9 Å². The Morgan fingerprint density at radius 3 is 2.38 bits per heavy atom. The molecule has 0 bridgehead atoms. The van der Waals surface area contributed by atoms with Gasteiger partial charge in [-0.05, 0) is 44.4 Å². The first kappa shape index (κ1) is 20.8. The molecule has 0 aliphatic carbocycles. The minimum Gasteiger partial charge on any atom is -0.352 e. The molecular weight excluding hydrogens is 347 g/mol. The van der Waals surface area contributed by atoms with Crippen LogP contribution in [0.3, 0.4) is 0 Å². The Morgan fingerprint density at radius 1 is 1.17 bits per heavy atom. The Kier molecular flexibility index (Phi) is 8.57. The molecule has 0 radical (unpaired) electrons. The lowest BCUT2D eigenvalue weighted by Crippen LogP contribution is -2.49. The highest BCUT2D eigenvalue weighted by atomic mass is 35.5. The maximum Gasteiger partial charge on any atom is 0.242 e. The number of nitrogens with one attached hydrogen (secondary N) is 1. The van der Waals surface area contributed by atoms with Crippen molar-refractivity contribution in [2.24, 2.45) is 0 Å². The average Bonchev–Trinajstić information content (AvgIpc) is 2.55. The Morgan fingerprint density at radius 2 is 1.83 bits per heavy atom. The zero-order valence-electron chi connectivity index (χ0n) is 14.7. The van der Waals surface area contributed by atoms with Gasteiger partial charge in [-0.3, -0.25) is 9.59 Å². The van der Waals surface area contributed by atoms with Gasteiger partial charge in [0, 0.05) is 19.0 Å². The molecule has 1 N–H and O–H groups in total. The molecule has 0 heterocycles. The first-order valence-corrected chi connectivity index (χ1v) is 9.09. The van der Waals surface area contributed by atoms with Crippen molar-refractivity contribution in [2.75, 3.05) is 0 Å². The van der Waals surface area contributed by atoms with Crippen molar-refractivity contribution >= 4 is 35.0 Å². The summed E-state index contributed by atoms with van der Waals surface area (Å²) in [6.07, 6.45) is 1.98. The molecule has 24 heavy (non-hydrogen) atoms. The van der Waals surface area contributed by atoms with Gasteiger partial charge < -0.3 is 10.2 Å². The van der Waals surface area contributed by atoms with E-state index in [2.05, 4.69) is 5.32 Å². The van der Waals surface area contributed by atoms with Crippen LogP contribution in [0.1, 0.15) is 52.5 Å². The number of hydrogen-bond acceptors (Lipinski definition) is 2. The van der Waals surface area contributed by atoms with Gasteiger partial charge in [0.1, 0.15) is 6.04 Å². The predicted octanol–water partition coefficient (Wildman–Crippen LogP) is 4.43. The van der Waals surface area contributed by atoms with Gasteiger partial charge in [-0.1, -0.05) is 43.1 Å². The van der Waals surface area contributed by atoms with Crippen LogP contribution >= 0.6 is 23.2 Å². The van der Waals surface area contributed by atoms with E-state index in [0.29, 0.717) is 23.0 Å².